The SMILES string of the molecule is CNC(Cc1sccc1Br)c1cccc2ccccc12. The first-order chi connectivity index (χ1) is 9.79. The van der Waals surface area contributed by atoms with Crippen LogP contribution < -0.4 is 5.32 Å². The number of halogens is 1. The molecular weight excluding hydrogens is 330 g/mol. The fourth-order valence-corrected chi connectivity index (χ4v) is 4.14. The van der Waals surface area contributed by atoms with Gasteiger partial charge in [-0.2, -0.15) is 0 Å². The van der Waals surface area contributed by atoms with Gasteiger partial charge in [-0.15, -0.1) is 11.3 Å². The molecule has 3 heteroatoms. The van der Waals surface area contributed by atoms with E-state index in [4.69, 9.17) is 0 Å². The Morgan fingerprint density at radius 3 is 2.65 bits per heavy atom. The molecule has 3 aromatic rings. The van der Waals surface area contributed by atoms with Crippen LogP contribution in [0.15, 0.2) is 58.4 Å². The summed E-state index contributed by atoms with van der Waals surface area (Å²) < 4.78 is 1.21. The van der Waals surface area contributed by atoms with E-state index in [1.54, 1.807) is 11.3 Å². The number of hydrogen-bond acceptors (Lipinski definition) is 2. The lowest BCUT2D eigenvalue weighted by molar-refractivity contribution is 0.600. The molecule has 0 radical (unpaired) electrons. The van der Waals surface area contributed by atoms with Crippen LogP contribution in [0.2, 0.25) is 0 Å². The maximum Gasteiger partial charge on any atom is 0.0372 e. The monoisotopic (exact) mass is 345 g/mol. The topological polar surface area (TPSA) is 12.0 Å². The van der Waals surface area contributed by atoms with Crippen molar-refractivity contribution < 1.29 is 0 Å². The van der Waals surface area contributed by atoms with Gasteiger partial charge in [-0.3, -0.25) is 0 Å². The lowest BCUT2D eigenvalue weighted by Gasteiger charge is -2.18. The van der Waals surface area contributed by atoms with E-state index < -0.39 is 0 Å². The van der Waals surface area contributed by atoms with E-state index in [2.05, 4.69) is 75.2 Å². The molecular formula is C17H16BrNS. The molecule has 1 unspecified atom stereocenters. The Bertz CT molecular complexity index is 714. The molecule has 0 saturated heterocycles. The first-order valence-electron chi connectivity index (χ1n) is 6.66. The largest absolute Gasteiger partial charge is 0.313 e. The molecule has 1 atom stereocenters. The molecule has 20 heavy (non-hydrogen) atoms. The summed E-state index contributed by atoms with van der Waals surface area (Å²) in [6.45, 7) is 0. The van der Waals surface area contributed by atoms with Crippen LogP contribution >= 0.6 is 27.3 Å². The van der Waals surface area contributed by atoms with E-state index in [0.717, 1.165) is 6.42 Å². The Morgan fingerprint density at radius 2 is 1.90 bits per heavy atom. The Balaban J connectivity index is 2.01. The molecule has 0 aliphatic heterocycles. The Morgan fingerprint density at radius 1 is 1.10 bits per heavy atom. The minimum absolute atomic E-state index is 0.330. The summed E-state index contributed by atoms with van der Waals surface area (Å²) in [4.78, 5) is 1.39. The molecule has 2 aromatic carbocycles. The highest BCUT2D eigenvalue weighted by Gasteiger charge is 2.15. The number of nitrogens with one attached hydrogen (secondary N) is 1. The molecule has 102 valence electrons. The highest BCUT2D eigenvalue weighted by atomic mass is 79.9. The van der Waals surface area contributed by atoms with E-state index >= 15 is 0 Å². The van der Waals surface area contributed by atoms with Crippen molar-refractivity contribution in [2.75, 3.05) is 7.05 Å². The molecule has 0 aliphatic carbocycles. The van der Waals surface area contributed by atoms with Crippen molar-refractivity contribution in [2.45, 2.75) is 12.5 Å². The molecule has 1 aromatic heterocycles. The van der Waals surface area contributed by atoms with E-state index in [1.807, 2.05) is 7.05 Å². The van der Waals surface area contributed by atoms with E-state index in [-0.39, 0.29) is 0 Å². The molecule has 0 spiro atoms. The van der Waals surface area contributed by atoms with Gasteiger partial charge in [0.05, 0.1) is 0 Å². The van der Waals surface area contributed by atoms with Gasteiger partial charge in [-0.05, 0) is 50.8 Å². The van der Waals surface area contributed by atoms with Crippen molar-refractivity contribution in [3.63, 3.8) is 0 Å². The van der Waals surface area contributed by atoms with Crippen molar-refractivity contribution in [3.8, 4) is 0 Å². The van der Waals surface area contributed by atoms with Crippen LogP contribution in [0, 0.1) is 0 Å². The summed E-state index contributed by atoms with van der Waals surface area (Å²) in [6.07, 6.45) is 1.00. The lowest BCUT2D eigenvalue weighted by atomic mass is 9.96. The average Bonchev–Trinajstić information content (AvgIpc) is 2.89. The third kappa shape index (κ3) is 2.66. The number of fused-ring (bicyclic) bond motifs is 1. The zero-order valence-corrected chi connectivity index (χ0v) is 13.7. The lowest BCUT2D eigenvalue weighted by Crippen LogP contribution is -2.18. The van der Waals surface area contributed by atoms with Crippen LogP contribution in [0.3, 0.4) is 0 Å². The second-order valence-electron chi connectivity index (χ2n) is 4.81. The van der Waals surface area contributed by atoms with Gasteiger partial charge in [-0.1, -0.05) is 42.5 Å². The Kier molecular flexibility index (Phi) is 4.20. The zero-order valence-electron chi connectivity index (χ0n) is 11.3. The molecule has 0 saturated carbocycles. The summed E-state index contributed by atoms with van der Waals surface area (Å²) in [5, 5.41) is 8.23. The van der Waals surface area contributed by atoms with Gasteiger partial charge in [0, 0.05) is 21.8 Å². The van der Waals surface area contributed by atoms with Crippen LogP contribution in [-0.2, 0) is 6.42 Å². The van der Waals surface area contributed by atoms with Gasteiger partial charge in [0.2, 0.25) is 0 Å². The minimum Gasteiger partial charge on any atom is -0.313 e. The number of benzene rings is 2. The third-order valence-electron chi connectivity index (χ3n) is 3.63. The first kappa shape index (κ1) is 13.8. The average molecular weight is 346 g/mol. The minimum atomic E-state index is 0.330. The van der Waals surface area contributed by atoms with Gasteiger partial charge in [0.25, 0.3) is 0 Å². The highest BCUT2D eigenvalue weighted by molar-refractivity contribution is 9.10. The van der Waals surface area contributed by atoms with Gasteiger partial charge < -0.3 is 5.32 Å². The molecule has 0 aliphatic rings. The van der Waals surface area contributed by atoms with Gasteiger partial charge in [-0.25, -0.2) is 0 Å². The van der Waals surface area contributed by atoms with E-state index in [0.29, 0.717) is 6.04 Å². The molecule has 0 amide bonds. The normalized spacial score (nSPS) is 12.7. The maximum atomic E-state index is 3.63. The quantitative estimate of drug-likeness (QED) is 0.687. The summed E-state index contributed by atoms with van der Waals surface area (Å²) >= 11 is 5.44. The standard InChI is InChI=1S/C17H16BrNS/c1-19-16(11-17-15(18)9-10-20-17)14-8-4-6-12-5-2-3-7-13(12)14/h2-10,16,19H,11H2,1H3. The van der Waals surface area contributed by atoms with E-state index in [1.165, 1.54) is 25.7 Å². The first-order valence-corrected chi connectivity index (χ1v) is 8.33. The molecule has 0 bridgehead atoms. The van der Waals surface area contributed by atoms with Crippen LogP contribution in [0.4, 0.5) is 0 Å². The highest BCUT2D eigenvalue weighted by Crippen LogP contribution is 2.31. The summed E-state index contributed by atoms with van der Waals surface area (Å²) in [6, 6.07) is 17.6. The number of rotatable bonds is 4. The van der Waals surface area contributed by atoms with Gasteiger partial charge in [0.1, 0.15) is 0 Å². The predicted molar refractivity (Wildman–Crippen MR) is 91.5 cm³/mol. The van der Waals surface area contributed by atoms with E-state index in [9.17, 15) is 0 Å². The van der Waals surface area contributed by atoms with Crippen LogP contribution in [0.5, 0.6) is 0 Å². The number of hydrogen-bond donors (Lipinski definition) is 1. The fourth-order valence-electron chi connectivity index (χ4n) is 2.58. The molecule has 0 fully saturated rings. The molecule has 1 nitrogen and oxygen atoms in total. The fraction of sp³-hybridized carbons (Fsp3) is 0.176. The molecule has 3 rings (SSSR count). The van der Waals surface area contributed by atoms with Crippen LogP contribution in [0.25, 0.3) is 10.8 Å². The summed E-state index contributed by atoms with van der Waals surface area (Å²) in [7, 11) is 2.04. The smallest absolute Gasteiger partial charge is 0.0372 e. The maximum absolute atomic E-state index is 3.63. The van der Waals surface area contributed by atoms with Crippen molar-refractivity contribution >= 4 is 38.0 Å². The third-order valence-corrected chi connectivity index (χ3v) is 5.58. The van der Waals surface area contributed by atoms with Crippen molar-refractivity contribution in [1.29, 1.82) is 0 Å². The zero-order chi connectivity index (χ0) is 13.9. The second kappa shape index (κ2) is 6.08. The van der Waals surface area contributed by atoms with Crippen LogP contribution in [0.1, 0.15) is 16.5 Å². The molecule has 1 heterocycles. The van der Waals surface area contributed by atoms with Crippen molar-refractivity contribution in [1.82, 2.24) is 5.32 Å². The predicted octanol–water partition coefficient (Wildman–Crippen LogP) is 5.17. The molecule has 1 N–H and O–H groups in total. The Hall–Kier alpha value is -1.16. The summed E-state index contributed by atoms with van der Waals surface area (Å²) in [5.41, 5.74) is 1.37. The van der Waals surface area contributed by atoms with Gasteiger partial charge >= 0.3 is 0 Å². The Labute approximate surface area is 131 Å². The van der Waals surface area contributed by atoms with Crippen molar-refractivity contribution in [2.24, 2.45) is 0 Å². The van der Waals surface area contributed by atoms with Crippen molar-refractivity contribution in [3.05, 3.63) is 68.8 Å². The number of thiophene rings is 1. The number of likely N-dealkylation sites (N-methyl/N-ethyl adjacent to an activating group) is 1. The van der Waals surface area contributed by atoms with Gasteiger partial charge in [0.15, 0.2) is 0 Å². The second-order valence-corrected chi connectivity index (χ2v) is 6.66. The summed E-state index contributed by atoms with van der Waals surface area (Å²) in [5.74, 6) is 0. The van der Waals surface area contributed by atoms with Crippen LogP contribution in [-0.4, -0.2) is 7.05 Å².